The molecule has 0 heterocycles. The first-order chi connectivity index (χ1) is 9.65. The van der Waals surface area contributed by atoms with Crippen LogP contribution in [-0.4, -0.2) is 27.0 Å². The third kappa shape index (κ3) is 3.54. The molecule has 1 fully saturated rings. The smallest absolute Gasteiger partial charge is 0.251 e. The zero-order valence-electron chi connectivity index (χ0n) is 12.3. The maximum Gasteiger partial charge on any atom is 0.251 e. The molecule has 1 aromatic rings. The van der Waals surface area contributed by atoms with Gasteiger partial charge in [-0.2, -0.15) is 0 Å². The molecule has 0 radical (unpaired) electrons. The molecule has 1 saturated carbocycles. The molecule has 0 saturated heterocycles. The molecule has 0 spiro atoms. The topological polar surface area (TPSA) is 98.5 Å². The maximum atomic E-state index is 12.1. The van der Waals surface area contributed by atoms with Gasteiger partial charge in [0.2, 0.25) is 10.0 Å². The number of rotatable bonds is 5. The quantitative estimate of drug-likeness (QED) is 0.855. The fourth-order valence-electron chi connectivity index (χ4n) is 2.10. The molecule has 0 aromatic heterocycles. The Kier molecular flexibility index (Phi) is 3.99. The lowest BCUT2D eigenvalue weighted by Gasteiger charge is -2.11. The summed E-state index contributed by atoms with van der Waals surface area (Å²) in [6.07, 6.45) is 0.914. The van der Waals surface area contributed by atoms with Gasteiger partial charge in [-0.1, -0.05) is 13.8 Å². The molecule has 0 bridgehead atoms. The van der Waals surface area contributed by atoms with Crippen LogP contribution in [0, 0.1) is 5.41 Å². The van der Waals surface area contributed by atoms with E-state index in [0.29, 0.717) is 6.61 Å². The summed E-state index contributed by atoms with van der Waals surface area (Å²) in [5.41, 5.74) is 0.356. The highest BCUT2D eigenvalue weighted by Gasteiger charge is 2.46. The molecule has 2 rings (SSSR count). The average molecular weight is 312 g/mol. The van der Waals surface area contributed by atoms with Crippen molar-refractivity contribution < 1.29 is 17.9 Å². The summed E-state index contributed by atoms with van der Waals surface area (Å²) in [7, 11) is -3.95. The standard InChI is InChI=1S/C14H20N2O4S/c1-4-20-10-6-5-9(7-11(10)21(15,18)19)13(17)16-12-8-14(12,2)3/h5-7,12H,4,8H2,1-3H3,(H,16,17)(H2,15,18,19). The highest BCUT2D eigenvalue weighted by atomic mass is 32.2. The number of ether oxygens (including phenoxy) is 1. The predicted octanol–water partition coefficient (Wildman–Crippen LogP) is 1.26. The van der Waals surface area contributed by atoms with Crippen LogP contribution < -0.4 is 15.2 Å². The van der Waals surface area contributed by atoms with Crippen molar-refractivity contribution in [2.75, 3.05) is 6.61 Å². The van der Waals surface area contributed by atoms with Gasteiger partial charge in [-0.05, 0) is 37.0 Å². The van der Waals surface area contributed by atoms with Crippen LogP contribution >= 0.6 is 0 Å². The van der Waals surface area contributed by atoms with E-state index in [9.17, 15) is 13.2 Å². The number of carbonyl (C=O) groups excluding carboxylic acids is 1. The summed E-state index contributed by atoms with van der Waals surface area (Å²) in [5, 5.41) is 8.05. The van der Waals surface area contributed by atoms with Crippen LogP contribution in [0.3, 0.4) is 0 Å². The SMILES string of the molecule is CCOc1ccc(C(=O)NC2CC2(C)C)cc1S(N)(=O)=O. The monoisotopic (exact) mass is 312 g/mol. The van der Waals surface area contributed by atoms with Gasteiger partial charge in [0.15, 0.2) is 0 Å². The Bertz CT molecular complexity index is 668. The summed E-state index contributed by atoms with van der Waals surface area (Å²) in [6, 6.07) is 4.36. The summed E-state index contributed by atoms with van der Waals surface area (Å²) < 4.78 is 28.4. The van der Waals surface area contributed by atoms with Crippen molar-refractivity contribution in [3.63, 3.8) is 0 Å². The first-order valence-corrected chi connectivity index (χ1v) is 8.30. The Labute approximate surface area is 124 Å². The van der Waals surface area contributed by atoms with Gasteiger partial charge in [-0.15, -0.1) is 0 Å². The van der Waals surface area contributed by atoms with Crippen molar-refractivity contribution in [3.05, 3.63) is 23.8 Å². The van der Waals surface area contributed by atoms with Crippen LogP contribution in [0.25, 0.3) is 0 Å². The molecule has 6 nitrogen and oxygen atoms in total. The lowest BCUT2D eigenvalue weighted by molar-refractivity contribution is 0.0946. The van der Waals surface area contributed by atoms with E-state index in [1.165, 1.54) is 18.2 Å². The fraction of sp³-hybridized carbons (Fsp3) is 0.500. The summed E-state index contributed by atoms with van der Waals surface area (Å²) in [4.78, 5) is 12.0. The predicted molar refractivity (Wildman–Crippen MR) is 78.6 cm³/mol. The molecule has 3 N–H and O–H groups in total. The van der Waals surface area contributed by atoms with E-state index in [1.54, 1.807) is 6.92 Å². The maximum absolute atomic E-state index is 12.1. The molecule has 1 unspecified atom stereocenters. The third-order valence-corrected chi connectivity index (χ3v) is 4.56. The number of nitrogens with one attached hydrogen (secondary N) is 1. The normalized spacial score (nSPS) is 19.9. The average Bonchev–Trinajstić information content (AvgIpc) is 2.95. The Morgan fingerprint density at radius 3 is 2.57 bits per heavy atom. The van der Waals surface area contributed by atoms with E-state index in [0.717, 1.165) is 6.42 Å². The largest absolute Gasteiger partial charge is 0.492 e. The number of nitrogens with two attached hydrogens (primary N) is 1. The van der Waals surface area contributed by atoms with Crippen LogP contribution in [0.4, 0.5) is 0 Å². The van der Waals surface area contributed by atoms with Gasteiger partial charge in [-0.25, -0.2) is 13.6 Å². The van der Waals surface area contributed by atoms with E-state index < -0.39 is 10.0 Å². The Morgan fingerprint density at radius 1 is 1.48 bits per heavy atom. The van der Waals surface area contributed by atoms with Gasteiger partial charge >= 0.3 is 0 Å². The van der Waals surface area contributed by atoms with Crippen molar-refractivity contribution in [2.45, 2.75) is 38.1 Å². The van der Waals surface area contributed by atoms with E-state index in [1.807, 2.05) is 0 Å². The lowest BCUT2D eigenvalue weighted by Crippen LogP contribution is -2.28. The highest BCUT2D eigenvalue weighted by Crippen LogP contribution is 2.44. The van der Waals surface area contributed by atoms with Gasteiger partial charge in [0, 0.05) is 11.6 Å². The molecule has 1 amide bonds. The second kappa shape index (κ2) is 5.31. The summed E-state index contributed by atoms with van der Waals surface area (Å²) in [5.74, 6) is -0.151. The fourth-order valence-corrected chi connectivity index (χ4v) is 2.80. The molecule has 0 aliphatic heterocycles. The van der Waals surface area contributed by atoms with Crippen molar-refractivity contribution >= 4 is 15.9 Å². The lowest BCUT2D eigenvalue weighted by atomic mass is 10.1. The molecular weight excluding hydrogens is 292 g/mol. The molecule has 1 aliphatic rings. The number of amides is 1. The van der Waals surface area contributed by atoms with Crippen molar-refractivity contribution in [1.29, 1.82) is 0 Å². The van der Waals surface area contributed by atoms with Gasteiger partial charge in [-0.3, -0.25) is 4.79 Å². The minimum atomic E-state index is -3.95. The highest BCUT2D eigenvalue weighted by molar-refractivity contribution is 7.89. The first-order valence-electron chi connectivity index (χ1n) is 6.75. The summed E-state index contributed by atoms with van der Waals surface area (Å²) in [6.45, 7) is 6.17. The number of benzene rings is 1. The second-order valence-corrected chi connectivity index (χ2v) is 7.39. The van der Waals surface area contributed by atoms with Crippen LogP contribution in [0.1, 0.15) is 37.6 Å². The van der Waals surface area contributed by atoms with E-state index >= 15 is 0 Å². The van der Waals surface area contributed by atoms with Crippen LogP contribution in [-0.2, 0) is 10.0 Å². The second-order valence-electron chi connectivity index (χ2n) is 5.86. The molecular formula is C14H20N2O4S. The molecule has 1 aromatic carbocycles. The Balaban J connectivity index is 2.27. The third-order valence-electron chi connectivity index (χ3n) is 3.63. The number of hydrogen-bond donors (Lipinski definition) is 2. The van der Waals surface area contributed by atoms with Gasteiger partial charge in [0.05, 0.1) is 6.61 Å². The number of hydrogen-bond acceptors (Lipinski definition) is 4. The van der Waals surface area contributed by atoms with E-state index in [4.69, 9.17) is 9.88 Å². The summed E-state index contributed by atoms with van der Waals surface area (Å²) >= 11 is 0. The number of carbonyl (C=O) groups is 1. The van der Waals surface area contributed by atoms with E-state index in [-0.39, 0.29) is 33.6 Å². The van der Waals surface area contributed by atoms with Gasteiger partial charge in [0.1, 0.15) is 10.6 Å². The van der Waals surface area contributed by atoms with Crippen LogP contribution in [0.15, 0.2) is 23.1 Å². The number of sulfonamides is 1. The molecule has 7 heteroatoms. The minimum Gasteiger partial charge on any atom is -0.492 e. The van der Waals surface area contributed by atoms with Crippen LogP contribution in [0.5, 0.6) is 5.75 Å². The van der Waals surface area contributed by atoms with E-state index in [2.05, 4.69) is 19.2 Å². The molecule has 1 atom stereocenters. The molecule has 116 valence electrons. The van der Waals surface area contributed by atoms with Crippen molar-refractivity contribution in [2.24, 2.45) is 10.6 Å². The first kappa shape index (κ1) is 15.8. The van der Waals surface area contributed by atoms with Gasteiger partial charge < -0.3 is 10.1 Å². The molecule has 21 heavy (non-hydrogen) atoms. The van der Waals surface area contributed by atoms with Crippen molar-refractivity contribution in [3.8, 4) is 5.75 Å². The minimum absolute atomic E-state index is 0.101. The Hall–Kier alpha value is -1.60. The Morgan fingerprint density at radius 2 is 2.10 bits per heavy atom. The van der Waals surface area contributed by atoms with Crippen LogP contribution in [0.2, 0.25) is 0 Å². The zero-order valence-corrected chi connectivity index (χ0v) is 13.2. The number of primary sulfonamides is 1. The zero-order chi connectivity index (χ0) is 15.8. The van der Waals surface area contributed by atoms with Gasteiger partial charge in [0.25, 0.3) is 5.91 Å². The van der Waals surface area contributed by atoms with Crippen molar-refractivity contribution in [1.82, 2.24) is 5.32 Å². The molecule has 1 aliphatic carbocycles.